The molecule has 0 aliphatic rings. The number of hydrogen-bond donors (Lipinski definition) is 1. The largest absolute Gasteiger partial charge is 0.366 e. The quantitative estimate of drug-likeness (QED) is 0.672. The molecule has 1 aromatic carbocycles. The second-order valence-electron chi connectivity index (χ2n) is 4.61. The number of nitrogens with zero attached hydrogens (tertiary/aromatic N) is 3. The Hall–Kier alpha value is -1.59. The summed E-state index contributed by atoms with van der Waals surface area (Å²) in [5.74, 6) is 0.215. The van der Waals surface area contributed by atoms with E-state index in [9.17, 15) is 0 Å². The van der Waals surface area contributed by atoms with E-state index in [2.05, 4.69) is 34.3 Å². The molecule has 0 aliphatic heterocycles. The Bertz CT molecular complexity index is 628. The zero-order valence-electron chi connectivity index (χ0n) is 12.0. The lowest BCUT2D eigenvalue weighted by Crippen LogP contribution is -2.04. The van der Waals surface area contributed by atoms with Crippen LogP contribution in [0.3, 0.4) is 0 Å². The molecule has 6 heteroatoms. The average molecular weight is 321 g/mol. The first-order chi connectivity index (χ1) is 10.0. The third-order valence-corrected chi connectivity index (χ3v) is 4.15. The van der Waals surface area contributed by atoms with Gasteiger partial charge in [-0.2, -0.15) is 5.10 Å². The van der Waals surface area contributed by atoms with Crippen molar-refractivity contribution in [2.24, 2.45) is 0 Å². The molecule has 2 N–H and O–H groups in total. The Morgan fingerprint density at radius 1 is 1.29 bits per heavy atom. The van der Waals surface area contributed by atoms with Gasteiger partial charge in [0, 0.05) is 21.6 Å². The third kappa shape index (κ3) is 5.02. The predicted octanol–water partition coefficient (Wildman–Crippen LogP) is 3.70. The lowest BCUT2D eigenvalue weighted by atomic mass is 10.2. The van der Waals surface area contributed by atoms with E-state index < -0.39 is 0 Å². The smallest absolute Gasteiger partial charge is 0.240 e. The summed E-state index contributed by atoms with van der Waals surface area (Å²) in [7, 11) is 0. The Labute approximate surface area is 133 Å². The SMILES string of the molecule is Cc1nnc(N)nc1C/C=C/C(C)Sc1ccc(Cl)cc1. The van der Waals surface area contributed by atoms with Gasteiger partial charge in [-0.15, -0.1) is 16.9 Å². The van der Waals surface area contributed by atoms with Gasteiger partial charge in [-0.1, -0.05) is 23.8 Å². The zero-order valence-corrected chi connectivity index (χ0v) is 13.5. The summed E-state index contributed by atoms with van der Waals surface area (Å²) in [5, 5.41) is 8.80. The Morgan fingerprint density at radius 2 is 2.00 bits per heavy atom. The van der Waals surface area contributed by atoms with E-state index in [1.807, 2.05) is 31.2 Å². The molecule has 0 aliphatic carbocycles. The van der Waals surface area contributed by atoms with E-state index in [4.69, 9.17) is 17.3 Å². The molecule has 2 aromatic rings. The van der Waals surface area contributed by atoms with Gasteiger partial charge in [0.05, 0.1) is 11.4 Å². The summed E-state index contributed by atoms with van der Waals surface area (Å²) in [6.07, 6.45) is 4.94. The second kappa shape index (κ2) is 7.43. The fourth-order valence-corrected chi connectivity index (χ4v) is 2.80. The summed E-state index contributed by atoms with van der Waals surface area (Å²) >= 11 is 7.65. The van der Waals surface area contributed by atoms with Gasteiger partial charge in [0.25, 0.3) is 0 Å². The summed E-state index contributed by atoms with van der Waals surface area (Å²) in [4.78, 5) is 5.39. The van der Waals surface area contributed by atoms with Gasteiger partial charge in [-0.05, 0) is 38.1 Å². The number of nitrogen functional groups attached to an aromatic ring is 1. The molecule has 0 saturated heterocycles. The molecule has 4 nitrogen and oxygen atoms in total. The van der Waals surface area contributed by atoms with Crippen LogP contribution in [0.25, 0.3) is 0 Å². The van der Waals surface area contributed by atoms with Crippen LogP contribution in [0.5, 0.6) is 0 Å². The molecule has 1 heterocycles. The topological polar surface area (TPSA) is 64.7 Å². The molecule has 1 atom stereocenters. The fourth-order valence-electron chi connectivity index (χ4n) is 1.76. The summed E-state index contributed by atoms with van der Waals surface area (Å²) < 4.78 is 0. The fraction of sp³-hybridized carbons (Fsp3) is 0.267. The molecule has 0 fully saturated rings. The van der Waals surface area contributed by atoms with Gasteiger partial charge in [0.1, 0.15) is 0 Å². The first-order valence-corrected chi connectivity index (χ1v) is 7.85. The van der Waals surface area contributed by atoms with Gasteiger partial charge < -0.3 is 5.73 Å². The molecule has 0 saturated carbocycles. The molecule has 1 unspecified atom stereocenters. The number of thioether (sulfide) groups is 1. The molecule has 0 spiro atoms. The van der Waals surface area contributed by atoms with Crippen molar-refractivity contribution >= 4 is 29.3 Å². The second-order valence-corrected chi connectivity index (χ2v) is 6.50. The van der Waals surface area contributed by atoms with Crippen LogP contribution in [0.4, 0.5) is 5.95 Å². The summed E-state index contributed by atoms with van der Waals surface area (Å²) in [6.45, 7) is 4.03. The van der Waals surface area contributed by atoms with E-state index in [0.29, 0.717) is 11.7 Å². The minimum Gasteiger partial charge on any atom is -0.366 e. The predicted molar refractivity (Wildman–Crippen MR) is 88.6 cm³/mol. The van der Waals surface area contributed by atoms with Crippen LogP contribution in [-0.4, -0.2) is 20.4 Å². The number of anilines is 1. The number of benzene rings is 1. The van der Waals surface area contributed by atoms with Crippen LogP contribution >= 0.6 is 23.4 Å². The van der Waals surface area contributed by atoms with Gasteiger partial charge >= 0.3 is 0 Å². The average Bonchev–Trinajstić information content (AvgIpc) is 2.45. The van der Waals surface area contributed by atoms with Crippen molar-refractivity contribution in [3.8, 4) is 0 Å². The van der Waals surface area contributed by atoms with Crippen LogP contribution in [0.15, 0.2) is 41.3 Å². The maximum absolute atomic E-state index is 5.88. The first kappa shape index (κ1) is 15.8. The highest BCUT2D eigenvalue weighted by Crippen LogP contribution is 2.25. The molecule has 0 bridgehead atoms. The third-order valence-electron chi connectivity index (χ3n) is 2.82. The normalized spacial score (nSPS) is 12.7. The van der Waals surface area contributed by atoms with Crippen LogP contribution in [0, 0.1) is 6.92 Å². The molecule has 2 rings (SSSR count). The lowest BCUT2D eigenvalue weighted by Gasteiger charge is -2.06. The maximum atomic E-state index is 5.88. The minimum absolute atomic E-state index is 0.215. The van der Waals surface area contributed by atoms with Crippen LogP contribution in [0.1, 0.15) is 18.3 Å². The number of nitrogens with two attached hydrogens (primary N) is 1. The first-order valence-electron chi connectivity index (χ1n) is 6.59. The van der Waals surface area contributed by atoms with Crippen LogP contribution < -0.4 is 5.73 Å². The van der Waals surface area contributed by atoms with Gasteiger partial charge in [0.2, 0.25) is 5.95 Å². The van der Waals surface area contributed by atoms with E-state index in [1.165, 1.54) is 4.90 Å². The monoisotopic (exact) mass is 320 g/mol. The van der Waals surface area contributed by atoms with Crippen molar-refractivity contribution in [2.75, 3.05) is 5.73 Å². The van der Waals surface area contributed by atoms with E-state index in [1.54, 1.807) is 11.8 Å². The van der Waals surface area contributed by atoms with Crippen LogP contribution in [-0.2, 0) is 6.42 Å². The van der Waals surface area contributed by atoms with Crippen molar-refractivity contribution in [3.63, 3.8) is 0 Å². The van der Waals surface area contributed by atoms with Crippen molar-refractivity contribution in [3.05, 3.63) is 52.8 Å². The maximum Gasteiger partial charge on any atom is 0.240 e. The summed E-state index contributed by atoms with van der Waals surface area (Å²) in [6, 6.07) is 7.85. The minimum atomic E-state index is 0.215. The van der Waals surface area contributed by atoms with E-state index in [-0.39, 0.29) is 5.95 Å². The van der Waals surface area contributed by atoms with Gasteiger partial charge in [0.15, 0.2) is 0 Å². The highest BCUT2D eigenvalue weighted by Gasteiger charge is 2.03. The van der Waals surface area contributed by atoms with Crippen molar-refractivity contribution in [2.45, 2.75) is 30.4 Å². The van der Waals surface area contributed by atoms with Gasteiger partial charge in [-0.25, -0.2) is 4.98 Å². The standard InChI is InChI=1S/C15H17ClN4S/c1-10(21-13-8-6-12(16)7-9-13)4-3-5-14-11(2)19-20-15(17)18-14/h3-4,6-10H,5H2,1-2H3,(H2,17,18,20)/b4-3+. The molecule has 1 aromatic heterocycles. The number of aryl methyl sites for hydroxylation is 1. The molecule has 21 heavy (non-hydrogen) atoms. The lowest BCUT2D eigenvalue weighted by molar-refractivity contribution is 0.889. The molecule has 0 amide bonds. The van der Waals surface area contributed by atoms with Crippen molar-refractivity contribution < 1.29 is 0 Å². The Morgan fingerprint density at radius 3 is 2.71 bits per heavy atom. The Balaban J connectivity index is 1.91. The number of hydrogen-bond acceptors (Lipinski definition) is 5. The van der Waals surface area contributed by atoms with Gasteiger partial charge in [-0.3, -0.25) is 0 Å². The summed E-state index contributed by atoms with van der Waals surface area (Å²) in [5.41, 5.74) is 7.22. The van der Waals surface area contributed by atoms with Crippen molar-refractivity contribution in [1.29, 1.82) is 0 Å². The highest BCUT2D eigenvalue weighted by atomic mass is 35.5. The number of rotatable bonds is 5. The molecular formula is C15H17ClN4S. The molecular weight excluding hydrogens is 304 g/mol. The number of allylic oxidation sites excluding steroid dienone is 1. The molecule has 0 radical (unpaired) electrons. The molecule has 110 valence electrons. The van der Waals surface area contributed by atoms with E-state index >= 15 is 0 Å². The number of halogens is 1. The van der Waals surface area contributed by atoms with Crippen molar-refractivity contribution in [1.82, 2.24) is 15.2 Å². The zero-order chi connectivity index (χ0) is 15.2. The highest BCUT2D eigenvalue weighted by molar-refractivity contribution is 8.00. The Kier molecular flexibility index (Phi) is 5.59. The van der Waals surface area contributed by atoms with Crippen LogP contribution in [0.2, 0.25) is 5.02 Å². The van der Waals surface area contributed by atoms with E-state index in [0.717, 1.165) is 16.4 Å². The number of aromatic nitrogens is 3.